The lowest BCUT2D eigenvalue weighted by atomic mass is 9.94. The van der Waals surface area contributed by atoms with Crippen molar-refractivity contribution in [2.24, 2.45) is 5.41 Å². The number of imidazole rings is 1. The number of fused-ring (bicyclic) bond motifs is 1. The van der Waals surface area contributed by atoms with E-state index < -0.39 is 47.9 Å². The van der Waals surface area contributed by atoms with Crippen LogP contribution in [0.2, 0.25) is 0 Å². The fourth-order valence-corrected chi connectivity index (χ4v) is 4.83. The number of hydrogen-bond acceptors (Lipinski definition) is 6. The average molecular weight is 679 g/mol. The SMILES string of the molecule is CC(C)(C)C(O)NCc1ccc(F)c(Nc2nc3cc(C(=O)Nc4ccc(Br)cc4)c(OCC(F)F)cc3n2C2CC2)c1F. The zero-order valence-electron chi connectivity index (χ0n) is 24.2. The number of halogens is 5. The third-order valence-corrected chi connectivity index (χ3v) is 7.66. The highest BCUT2D eigenvalue weighted by Gasteiger charge is 2.31. The summed E-state index contributed by atoms with van der Waals surface area (Å²) in [5.74, 6) is -2.28. The van der Waals surface area contributed by atoms with Gasteiger partial charge in [-0.15, -0.1) is 0 Å². The minimum atomic E-state index is -2.78. The first-order valence-corrected chi connectivity index (χ1v) is 14.8. The monoisotopic (exact) mass is 677 g/mol. The molecule has 4 N–H and O–H groups in total. The summed E-state index contributed by atoms with van der Waals surface area (Å²) in [6.45, 7) is 4.47. The quantitative estimate of drug-likeness (QED) is 0.0969. The Morgan fingerprint density at radius 1 is 1.14 bits per heavy atom. The van der Waals surface area contributed by atoms with E-state index in [9.17, 15) is 23.1 Å². The summed E-state index contributed by atoms with van der Waals surface area (Å²) in [5.41, 5.74) is 0.381. The van der Waals surface area contributed by atoms with Crippen molar-refractivity contribution < 1.29 is 32.2 Å². The number of benzene rings is 3. The first-order valence-electron chi connectivity index (χ1n) is 14.0. The second-order valence-electron chi connectivity index (χ2n) is 11.7. The van der Waals surface area contributed by atoms with Gasteiger partial charge in [0.05, 0.1) is 16.6 Å². The molecule has 0 spiro atoms. The van der Waals surface area contributed by atoms with Gasteiger partial charge in [0.2, 0.25) is 5.95 Å². The summed E-state index contributed by atoms with van der Waals surface area (Å²) in [4.78, 5) is 17.8. The molecule has 1 saturated carbocycles. The first-order chi connectivity index (χ1) is 20.8. The first kappa shape index (κ1) is 31.7. The topological polar surface area (TPSA) is 100 Å². The number of amides is 1. The Morgan fingerprint density at radius 2 is 1.84 bits per heavy atom. The normalized spacial score (nSPS) is 14.2. The van der Waals surface area contributed by atoms with E-state index >= 15 is 4.39 Å². The Balaban J connectivity index is 1.52. The third-order valence-electron chi connectivity index (χ3n) is 7.13. The van der Waals surface area contributed by atoms with Gasteiger partial charge in [0.25, 0.3) is 12.3 Å². The molecule has 1 amide bonds. The van der Waals surface area contributed by atoms with Gasteiger partial charge in [-0.05, 0) is 49.2 Å². The van der Waals surface area contributed by atoms with E-state index in [4.69, 9.17) is 4.74 Å². The number of aromatic nitrogens is 2. The van der Waals surface area contributed by atoms with E-state index in [0.717, 1.165) is 23.4 Å². The van der Waals surface area contributed by atoms with Gasteiger partial charge in [-0.25, -0.2) is 22.5 Å². The molecule has 8 nitrogen and oxygen atoms in total. The van der Waals surface area contributed by atoms with E-state index in [1.165, 1.54) is 18.2 Å². The van der Waals surface area contributed by atoms with Crippen molar-refractivity contribution in [3.8, 4) is 5.75 Å². The third kappa shape index (κ3) is 7.16. The maximum Gasteiger partial charge on any atom is 0.272 e. The summed E-state index contributed by atoms with van der Waals surface area (Å²) in [7, 11) is 0. The van der Waals surface area contributed by atoms with Crippen LogP contribution in [0.3, 0.4) is 0 Å². The van der Waals surface area contributed by atoms with Crippen molar-refractivity contribution in [1.82, 2.24) is 14.9 Å². The number of rotatable bonds is 11. The van der Waals surface area contributed by atoms with Crippen LogP contribution in [0.4, 0.5) is 34.9 Å². The van der Waals surface area contributed by atoms with E-state index in [0.29, 0.717) is 16.7 Å². The van der Waals surface area contributed by atoms with Crippen LogP contribution in [0.5, 0.6) is 5.75 Å². The Bertz CT molecular complexity index is 1670. The predicted octanol–water partition coefficient (Wildman–Crippen LogP) is 7.51. The van der Waals surface area contributed by atoms with E-state index in [1.54, 1.807) is 28.8 Å². The van der Waals surface area contributed by atoms with Crippen LogP contribution >= 0.6 is 15.9 Å². The maximum absolute atomic E-state index is 15.6. The van der Waals surface area contributed by atoms with Gasteiger partial charge >= 0.3 is 0 Å². The fraction of sp³-hybridized carbons (Fsp3) is 0.355. The number of anilines is 3. The molecule has 0 bridgehead atoms. The van der Waals surface area contributed by atoms with Crippen LogP contribution in [0.15, 0.2) is 53.0 Å². The Labute approximate surface area is 259 Å². The predicted molar refractivity (Wildman–Crippen MR) is 164 cm³/mol. The molecule has 1 aromatic heterocycles. The highest BCUT2D eigenvalue weighted by atomic mass is 79.9. The number of aliphatic hydroxyl groups excluding tert-OH is 1. The van der Waals surface area contributed by atoms with Crippen LogP contribution < -0.4 is 20.7 Å². The van der Waals surface area contributed by atoms with Gasteiger partial charge < -0.3 is 25.0 Å². The van der Waals surface area contributed by atoms with Gasteiger partial charge in [0, 0.05) is 39.8 Å². The number of carbonyl (C=O) groups is 1. The van der Waals surface area contributed by atoms with Crippen molar-refractivity contribution in [1.29, 1.82) is 0 Å². The van der Waals surface area contributed by atoms with Crippen molar-refractivity contribution in [2.45, 2.75) is 58.9 Å². The number of nitrogens with zero attached hydrogens (tertiary/aromatic N) is 2. The number of aliphatic hydroxyl groups is 1. The maximum atomic E-state index is 15.6. The second kappa shape index (κ2) is 12.7. The van der Waals surface area contributed by atoms with Crippen LogP contribution in [0.1, 0.15) is 55.6 Å². The van der Waals surface area contributed by atoms with E-state index in [1.807, 2.05) is 20.8 Å². The van der Waals surface area contributed by atoms with Gasteiger partial charge in [0.1, 0.15) is 30.1 Å². The number of hydrogen-bond donors (Lipinski definition) is 4. The molecule has 1 atom stereocenters. The van der Waals surface area contributed by atoms with Gasteiger partial charge in [0.15, 0.2) is 5.82 Å². The molecule has 0 aliphatic heterocycles. The molecule has 1 unspecified atom stereocenters. The summed E-state index contributed by atoms with van der Waals surface area (Å²) in [6, 6.07) is 12.0. The van der Waals surface area contributed by atoms with Crippen LogP contribution in [-0.4, -0.2) is 39.8 Å². The molecule has 44 heavy (non-hydrogen) atoms. The molecule has 5 rings (SSSR count). The lowest BCUT2D eigenvalue weighted by Crippen LogP contribution is -2.39. The number of nitrogens with one attached hydrogen (secondary N) is 3. The molecule has 4 aromatic rings. The molecule has 1 aliphatic carbocycles. The number of ether oxygens (including phenoxy) is 1. The van der Waals surface area contributed by atoms with E-state index in [2.05, 4.69) is 36.9 Å². The number of carbonyl (C=O) groups excluding carboxylic acids is 1. The Morgan fingerprint density at radius 3 is 2.48 bits per heavy atom. The summed E-state index contributed by atoms with van der Waals surface area (Å²) in [6.07, 6.45) is -2.19. The lowest BCUT2D eigenvalue weighted by Gasteiger charge is -2.27. The standard InChI is InChI=1S/C31H32BrF4N5O3/c1-31(2,3)29(43)37-14-16-4-11-21(33)27(26(16)36)40-30-39-22-12-20(28(42)38-18-7-5-17(32)6-8-18)24(44-15-25(34)35)13-23(22)41(30)19-9-10-19/h4-8,11-13,19,25,29,37,43H,9-10,14-15H2,1-3H3,(H,38,42)(H,39,40). The zero-order valence-corrected chi connectivity index (χ0v) is 25.8. The van der Waals surface area contributed by atoms with Crippen LogP contribution in [-0.2, 0) is 6.54 Å². The highest BCUT2D eigenvalue weighted by Crippen LogP contribution is 2.42. The van der Waals surface area contributed by atoms with Crippen LogP contribution in [0, 0.1) is 17.0 Å². The largest absolute Gasteiger partial charge is 0.487 e. The number of alkyl halides is 2. The van der Waals surface area contributed by atoms with Crippen molar-refractivity contribution in [3.05, 3.63) is 75.8 Å². The molecule has 3 aromatic carbocycles. The van der Waals surface area contributed by atoms with E-state index in [-0.39, 0.29) is 35.4 Å². The fourth-order valence-electron chi connectivity index (χ4n) is 4.57. The average Bonchev–Trinajstić information content (AvgIpc) is 3.74. The zero-order chi connectivity index (χ0) is 31.8. The van der Waals surface area contributed by atoms with Crippen molar-refractivity contribution in [2.75, 3.05) is 17.2 Å². The Kier molecular flexibility index (Phi) is 9.19. The second-order valence-corrected chi connectivity index (χ2v) is 12.6. The van der Waals surface area contributed by atoms with Crippen molar-refractivity contribution in [3.63, 3.8) is 0 Å². The molecule has 1 heterocycles. The molecule has 1 fully saturated rings. The minimum absolute atomic E-state index is 0.0316. The molecular formula is C31H32BrF4N5O3. The molecule has 13 heteroatoms. The molecular weight excluding hydrogens is 646 g/mol. The van der Waals surface area contributed by atoms with Gasteiger partial charge in [-0.3, -0.25) is 10.1 Å². The molecule has 1 aliphatic rings. The summed E-state index contributed by atoms with van der Waals surface area (Å²) < 4.78 is 64.8. The van der Waals surface area contributed by atoms with Crippen LogP contribution in [0.25, 0.3) is 11.0 Å². The highest BCUT2D eigenvalue weighted by molar-refractivity contribution is 9.10. The summed E-state index contributed by atoms with van der Waals surface area (Å²) >= 11 is 3.33. The lowest BCUT2D eigenvalue weighted by molar-refractivity contribution is 0.0315. The minimum Gasteiger partial charge on any atom is -0.487 e. The molecule has 0 saturated heterocycles. The Hall–Kier alpha value is -3.68. The van der Waals surface area contributed by atoms with Crippen molar-refractivity contribution >= 4 is 50.2 Å². The smallest absolute Gasteiger partial charge is 0.272 e. The summed E-state index contributed by atoms with van der Waals surface area (Å²) in [5, 5.41) is 18.7. The van der Waals surface area contributed by atoms with Gasteiger partial charge in [-0.1, -0.05) is 42.8 Å². The van der Waals surface area contributed by atoms with Gasteiger partial charge in [-0.2, -0.15) is 0 Å². The molecule has 234 valence electrons. The molecule has 0 radical (unpaired) electrons.